The van der Waals surface area contributed by atoms with Crippen LogP contribution < -0.4 is 0 Å². The van der Waals surface area contributed by atoms with E-state index in [2.05, 4.69) is 26.0 Å². The fourth-order valence-corrected chi connectivity index (χ4v) is 6.65. The number of esters is 2. The van der Waals surface area contributed by atoms with Crippen LogP contribution in [0.2, 0.25) is 0 Å². The molecular weight excluding hydrogens is 496 g/mol. The number of methoxy groups -OCH3 is 1. The van der Waals surface area contributed by atoms with Crippen molar-refractivity contribution in [2.24, 2.45) is 23.2 Å². The van der Waals surface area contributed by atoms with Crippen LogP contribution in [-0.4, -0.2) is 49.9 Å². The highest BCUT2D eigenvalue weighted by Gasteiger charge is 2.46. The van der Waals surface area contributed by atoms with Crippen LogP contribution in [0.5, 0.6) is 0 Å². The minimum absolute atomic E-state index is 0.00683. The smallest absolute Gasteiger partial charge is 0.305 e. The predicted octanol–water partition coefficient (Wildman–Crippen LogP) is 6.49. The van der Waals surface area contributed by atoms with Crippen LogP contribution in [0.3, 0.4) is 0 Å². The molecule has 0 bridgehead atoms. The third kappa shape index (κ3) is 9.56. The lowest BCUT2D eigenvalue weighted by Gasteiger charge is -2.29. The molecule has 0 radical (unpaired) electrons. The molecule has 0 aromatic heterocycles. The zero-order valence-electron chi connectivity index (χ0n) is 24.5. The molecule has 7 heteroatoms. The molecule has 0 N–H and O–H groups in total. The average molecular weight is 547 g/mol. The molecule has 3 unspecified atom stereocenters. The predicted molar refractivity (Wildman–Crippen MR) is 150 cm³/mol. The van der Waals surface area contributed by atoms with Gasteiger partial charge in [-0.2, -0.15) is 0 Å². The van der Waals surface area contributed by atoms with Gasteiger partial charge in [-0.25, -0.2) is 0 Å². The Morgan fingerprint density at radius 1 is 1.10 bits per heavy atom. The van der Waals surface area contributed by atoms with Gasteiger partial charge in [0.2, 0.25) is 0 Å². The molecule has 0 aromatic rings. The van der Waals surface area contributed by atoms with Gasteiger partial charge in [-0.15, -0.1) is 0 Å². The molecule has 0 aromatic carbocycles. The van der Waals surface area contributed by atoms with E-state index in [9.17, 15) is 14.4 Å². The molecule has 1 saturated heterocycles. The number of carbonyl (C=O) groups is 3. The van der Waals surface area contributed by atoms with Crippen LogP contribution in [0.4, 0.5) is 0 Å². The first-order valence-corrected chi connectivity index (χ1v) is 15.1. The number of carbonyl (C=O) groups excluding carboxylic acids is 3. The van der Waals surface area contributed by atoms with Gasteiger partial charge in [0, 0.05) is 43.6 Å². The Morgan fingerprint density at radius 2 is 1.92 bits per heavy atom. The van der Waals surface area contributed by atoms with Gasteiger partial charge < -0.3 is 18.9 Å². The molecule has 2 saturated carbocycles. The lowest BCUT2D eigenvalue weighted by Crippen LogP contribution is -2.31. The second-order valence-electron chi connectivity index (χ2n) is 12.0. The molecule has 0 spiro atoms. The molecule has 3 aliphatic rings. The third-order valence-corrected chi connectivity index (χ3v) is 8.81. The van der Waals surface area contributed by atoms with Crippen LogP contribution in [0.25, 0.3) is 0 Å². The largest absolute Gasteiger partial charge is 0.469 e. The van der Waals surface area contributed by atoms with E-state index in [-0.39, 0.29) is 53.5 Å². The van der Waals surface area contributed by atoms with Crippen molar-refractivity contribution in [3.05, 3.63) is 24.3 Å². The monoisotopic (exact) mass is 546 g/mol. The van der Waals surface area contributed by atoms with Crippen molar-refractivity contribution in [2.75, 3.05) is 13.7 Å². The van der Waals surface area contributed by atoms with Crippen LogP contribution >= 0.6 is 0 Å². The Kier molecular flexibility index (Phi) is 12.7. The zero-order chi connectivity index (χ0) is 28.3. The average Bonchev–Trinajstić information content (AvgIpc) is 3.45. The van der Waals surface area contributed by atoms with Crippen LogP contribution in [-0.2, 0) is 33.3 Å². The Labute approximate surface area is 235 Å². The molecule has 7 nitrogen and oxygen atoms in total. The molecule has 1 heterocycles. The lowest BCUT2D eigenvalue weighted by molar-refractivity contribution is -0.193. The number of hydrogen-bond acceptors (Lipinski definition) is 7. The molecule has 39 heavy (non-hydrogen) atoms. The molecule has 7 atom stereocenters. The highest BCUT2D eigenvalue weighted by molar-refractivity contribution is 5.94. The van der Waals surface area contributed by atoms with E-state index in [1.165, 1.54) is 20.5 Å². The van der Waals surface area contributed by atoms with Crippen molar-refractivity contribution in [1.82, 2.24) is 0 Å². The van der Waals surface area contributed by atoms with Gasteiger partial charge in [0.15, 0.2) is 12.1 Å². The minimum Gasteiger partial charge on any atom is -0.469 e. The molecule has 220 valence electrons. The normalized spacial score (nSPS) is 33.1. The summed E-state index contributed by atoms with van der Waals surface area (Å²) in [6.07, 6.45) is 18.7. The second-order valence-corrected chi connectivity index (χ2v) is 12.0. The first kappa shape index (κ1) is 31.5. The first-order chi connectivity index (χ1) is 18.8. The summed E-state index contributed by atoms with van der Waals surface area (Å²) in [6.45, 7) is 6.46. The number of unbranched alkanes of at least 4 members (excludes halogenated alkanes) is 1. The highest BCUT2D eigenvalue weighted by atomic mass is 16.7. The van der Waals surface area contributed by atoms with E-state index >= 15 is 0 Å². The Bertz CT molecular complexity index is 859. The van der Waals surface area contributed by atoms with Crippen molar-refractivity contribution >= 4 is 17.7 Å². The van der Waals surface area contributed by atoms with E-state index in [1.807, 2.05) is 6.08 Å². The summed E-state index contributed by atoms with van der Waals surface area (Å²) < 4.78 is 22.9. The molecule has 2 aliphatic carbocycles. The first-order valence-electron chi connectivity index (χ1n) is 15.1. The summed E-state index contributed by atoms with van der Waals surface area (Å²) in [4.78, 5) is 36.8. The molecule has 3 fully saturated rings. The van der Waals surface area contributed by atoms with Gasteiger partial charge >= 0.3 is 11.9 Å². The van der Waals surface area contributed by atoms with E-state index in [1.54, 1.807) is 6.08 Å². The minimum atomic E-state index is -0.305. The topological polar surface area (TPSA) is 88.1 Å². The number of allylic oxidation sites excluding steroid dienone is 3. The zero-order valence-corrected chi connectivity index (χ0v) is 24.5. The van der Waals surface area contributed by atoms with E-state index < -0.39 is 0 Å². The summed E-state index contributed by atoms with van der Waals surface area (Å²) in [5.41, 5.74) is -0.303. The fourth-order valence-electron chi connectivity index (χ4n) is 6.65. The van der Waals surface area contributed by atoms with E-state index in [0.29, 0.717) is 31.8 Å². The van der Waals surface area contributed by atoms with Crippen molar-refractivity contribution in [3.63, 3.8) is 0 Å². The molecule has 3 rings (SSSR count). The Balaban J connectivity index is 1.74. The van der Waals surface area contributed by atoms with Gasteiger partial charge in [0.25, 0.3) is 0 Å². The maximum atomic E-state index is 13.5. The summed E-state index contributed by atoms with van der Waals surface area (Å²) in [5, 5.41) is 0. The second kappa shape index (κ2) is 15.7. The maximum Gasteiger partial charge on any atom is 0.305 e. The number of ether oxygens (including phenoxy) is 4. The standard InChI is InChI=1S/C32H50O7/c1-5-12-24-18-19-32(3,22-24)29(34)17-16-26-25(13-8-6-7-9-14-30(35)36-4)27(38-23(2)33)21-28(26)39-31-15-10-11-20-37-31/h6,8,16-17,24-28,31H,5,7,9-15,18-22H2,1-4H3/b8-6-,17-16+/t24?,25-,26-,27+,28-,31?,32?/m1/s1. The van der Waals surface area contributed by atoms with E-state index in [4.69, 9.17) is 18.9 Å². The number of hydrogen-bond donors (Lipinski definition) is 0. The number of ketones is 1. The van der Waals surface area contributed by atoms with Gasteiger partial charge in [-0.3, -0.25) is 14.4 Å². The van der Waals surface area contributed by atoms with Crippen molar-refractivity contribution in [2.45, 2.75) is 123 Å². The summed E-state index contributed by atoms with van der Waals surface area (Å²) in [7, 11) is 1.40. The van der Waals surface area contributed by atoms with Crippen LogP contribution in [0.15, 0.2) is 24.3 Å². The van der Waals surface area contributed by atoms with Crippen molar-refractivity contribution < 1.29 is 33.3 Å². The van der Waals surface area contributed by atoms with Crippen LogP contribution in [0, 0.1) is 23.2 Å². The van der Waals surface area contributed by atoms with Crippen molar-refractivity contribution in [3.8, 4) is 0 Å². The van der Waals surface area contributed by atoms with Gasteiger partial charge in [0.1, 0.15) is 6.10 Å². The summed E-state index contributed by atoms with van der Waals surface area (Å²) >= 11 is 0. The van der Waals surface area contributed by atoms with Gasteiger partial charge in [-0.1, -0.05) is 44.9 Å². The summed E-state index contributed by atoms with van der Waals surface area (Å²) in [6, 6.07) is 0. The Hall–Kier alpha value is -1.99. The quantitative estimate of drug-likeness (QED) is 0.107. The highest BCUT2D eigenvalue weighted by Crippen LogP contribution is 2.45. The fraction of sp³-hybridized carbons (Fsp3) is 0.781. The van der Waals surface area contributed by atoms with E-state index in [0.717, 1.165) is 57.8 Å². The lowest BCUT2D eigenvalue weighted by atomic mass is 9.81. The van der Waals surface area contributed by atoms with Crippen molar-refractivity contribution in [1.29, 1.82) is 0 Å². The van der Waals surface area contributed by atoms with Gasteiger partial charge in [0.05, 0.1) is 13.2 Å². The maximum absolute atomic E-state index is 13.5. The third-order valence-electron chi connectivity index (χ3n) is 8.81. The molecular formula is C32H50O7. The van der Waals surface area contributed by atoms with Crippen LogP contribution in [0.1, 0.15) is 104 Å². The number of rotatable bonds is 14. The SMILES string of the molecule is CCCC1CCC(C)(C(=O)/C=C/[C@@H]2[C@@H](C/C=C\CCCC(=O)OC)[C@@H](OC(C)=O)C[C@H]2OC2CCCCO2)C1. The Morgan fingerprint density at radius 3 is 2.62 bits per heavy atom. The summed E-state index contributed by atoms with van der Waals surface area (Å²) in [5.74, 6) is 0.245. The molecule has 1 aliphatic heterocycles. The molecule has 0 amide bonds. The van der Waals surface area contributed by atoms with Gasteiger partial charge in [-0.05, 0) is 69.8 Å².